The van der Waals surface area contributed by atoms with Gasteiger partial charge in [0.05, 0.1) is 12.3 Å². The van der Waals surface area contributed by atoms with Gasteiger partial charge in [-0.3, -0.25) is 9.36 Å². The Hall–Kier alpha value is -1.30. The van der Waals surface area contributed by atoms with Crippen molar-refractivity contribution in [1.29, 1.82) is 0 Å². The molecule has 0 amide bonds. The first-order valence-corrected chi connectivity index (χ1v) is 5.93. The zero-order valence-electron chi connectivity index (χ0n) is 8.29. The van der Waals surface area contributed by atoms with Crippen LogP contribution in [-0.4, -0.2) is 15.6 Å². The third kappa shape index (κ3) is 1.97. The quantitative estimate of drug-likeness (QED) is 0.834. The molecule has 1 aromatic heterocycles. The van der Waals surface area contributed by atoms with Crippen molar-refractivity contribution in [3.63, 3.8) is 0 Å². The Balaban J connectivity index is 2.49. The van der Waals surface area contributed by atoms with Crippen LogP contribution in [0, 0.1) is 3.95 Å². The number of carbonyl (C=O) groups is 1. The van der Waals surface area contributed by atoms with E-state index in [0.717, 1.165) is 0 Å². The number of rotatable bonds is 2. The fourth-order valence-corrected chi connectivity index (χ4v) is 2.44. The van der Waals surface area contributed by atoms with Crippen LogP contribution in [0.1, 0.15) is 16.1 Å². The van der Waals surface area contributed by atoms with E-state index in [1.165, 1.54) is 15.9 Å². The van der Waals surface area contributed by atoms with Gasteiger partial charge in [0, 0.05) is 10.9 Å². The minimum atomic E-state index is -0.198. The Kier molecular flexibility index (Phi) is 3.28. The molecule has 2 aromatic rings. The van der Waals surface area contributed by atoms with Gasteiger partial charge in [0.2, 0.25) is 0 Å². The second kappa shape index (κ2) is 4.69. The van der Waals surface area contributed by atoms with Gasteiger partial charge >= 0.3 is 0 Å². The molecule has 3 nitrogen and oxygen atoms in total. The van der Waals surface area contributed by atoms with Gasteiger partial charge in [-0.25, -0.2) is 0 Å². The van der Waals surface area contributed by atoms with E-state index in [9.17, 15) is 4.79 Å². The molecule has 0 saturated heterocycles. The van der Waals surface area contributed by atoms with Crippen molar-refractivity contribution in [2.24, 2.45) is 0 Å². The molecule has 0 fully saturated rings. The predicted molar refractivity (Wildman–Crippen MR) is 65.2 cm³/mol. The number of aromatic nitrogens is 1. The topological polar surface area (TPSA) is 42.2 Å². The van der Waals surface area contributed by atoms with Crippen molar-refractivity contribution in [2.75, 3.05) is 0 Å². The van der Waals surface area contributed by atoms with Crippen LogP contribution in [0.15, 0.2) is 35.7 Å². The highest BCUT2D eigenvalue weighted by Gasteiger charge is 2.13. The third-order valence-electron chi connectivity index (χ3n) is 2.15. The Morgan fingerprint density at radius 2 is 2.06 bits per heavy atom. The maximum absolute atomic E-state index is 12.1. The molecular weight excluding hydrogens is 242 g/mol. The minimum absolute atomic E-state index is 0.189. The van der Waals surface area contributed by atoms with Crippen LogP contribution in [-0.2, 0) is 6.61 Å². The number of aliphatic hydroxyl groups is 1. The molecule has 1 heterocycles. The summed E-state index contributed by atoms with van der Waals surface area (Å²) in [6.07, 6.45) is 0. The second-order valence-corrected chi connectivity index (χ2v) is 4.66. The molecule has 0 bridgehead atoms. The normalized spacial score (nSPS) is 10.3. The Morgan fingerprint density at radius 3 is 2.69 bits per heavy atom. The van der Waals surface area contributed by atoms with Crippen molar-refractivity contribution < 1.29 is 9.90 Å². The van der Waals surface area contributed by atoms with Crippen LogP contribution in [0.2, 0.25) is 0 Å². The van der Waals surface area contributed by atoms with E-state index >= 15 is 0 Å². The van der Waals surface area contributed by atoms with Crippen molar-refractivity contribution in [2.45, 2.75) is 6.61 Å². The summed E-state index contributed by atoms with van der Waals surface area (Å²) in [5.74, 6) is -0.198. The van der Waals surface area contributed by atoms with E-state index in [1.54, 1.807) is 29.6 Å². The first-order chi connectivity index (χ1) is 7.74. The van der Waals surface area contributed by atoms with Crippen LogP contribution in [0.3, 0.4) is 0 Å². The summed E-state index contributed by atoms with van der Waals surface area (Å²) in [7, 11) is 0. The van der Waals surface area contributed by atoms with E-state index in [4.69, 9.17) is 17.3 Å². The van der Waals surface area contributed by atoms with Gasteiger partial charge in [0.15, 0.2) is 3.95 Å². The maximum Gasteiger partial charge on any atom is 0.263 e. The third-order valence-corrected chi connectivity index (χ3v) is 3.40. The summed E-state index contributed by atoms with van der Waals surface area (Å²) in [6, 6.07) is 8.88. The van der Waals surface area contributed by atoms with Gasteiger partial charge in [-0.2, -0.15) is 0 Å². The SMILES string of the molecule is O=C(c1ccccc1)n1c(CO)csc1=S. The molecule has 0 unspecified atom stereocenters. The molecule has 0 radical (unpaired) electrons. The summed E-state index contributed by atoms with van der Waals surface area (Å²) in [5, 5.41) is 10.8. The Bertz CT molecular complexity index is 557. The first-order valence-electron chi connectivity index (χ1n) is 4.64. The van der Waals surface area contributed by atoms with Gasteiger partial charge in [-0.1, -0.05) is 18.2 Å². The fourth-order valence-electron chi connectivity index (χ4n) is 1.37. The van der Waals surface area contributed by atoms with Crippen LogP contribution in [0.25, 0.3) is 0 Å². The molecule has 0 spiro atoms. The maximum atomic E-state index is 12.1. The second-order valence-electron chi connectivity index (χ2n) is 3.16. The number of nitrogens with zero attached hydrogens (tertiary/aromatic N) is 1. The highest BCUT2D eigenvalue weighted by Crippen LogP contribution is 2.14. The van der Waals surface area contributed by atoms with Crippen LogP contribution in [0.5, 0.6) is 0 Å². The zero-order valence-corrected chi connectivity index (χ0v) is 9.92. The largest absolute Gasteiger partial charge is 0.390 e. The van der Waals surface area contributed by atoms with E-state index in [0.29, 0.717) is 15.2 Å². The molecule has 82 valence electrons. The Labute approximate surface area is 102 Å². The van der Waals surface area contributed by atoms with Gasteiger partial charge < -0.3 is 5.11 Å². The summed E-state index contributed by atoms with van der Waals surface area (Å²) in [4.78, 5) is 12.1. The number of benzene rings is 1. The lowest BCUT2D eigenvalue weighted by Gasteiger charge is -2.04. The highest BCUT2D eigenvalue weighted by atomic mass is 32.1. The van der Waals surface area contributed by atoms with Crippen LogP contribution < -0.4 is 0 Å². The van der Waals surface area contributed by atoms with Gasteiger partial charge in [-0.15, -0.1) is 11.3 Å². The van der Waals surface area contributed by atoms with Gasteiger partial charge in [-0.05, 0) is 24.4 Å². The number of hydrogen-bond donors (Lipinski definition) is 1. The lowest BCUT2D eigenvalue weighted by Crippen LogP contribution is -2.14. The summed E-state index contributed by atoms with van der Waals surface area (Å²) >= 11 is 6.34. The number of thiazole rings is 1. The molecule has 0 saturated carbocycles. The van der Waals surface area contributed by atoms with E-state index in [2.05, 4.69) is 0 Å². The average Bonchev–Trinajstić information content (AvgIpc) is 2.70. The standard InChI is InChI=1S/C11H9NO2S2/c13-6-9-7-16-11(15)12(9)10(14)8-4-2-1-3-5-8/h1-5,7,13H,6H2. The lowest BCUT2D eigenvalue weighted by atomic mass is 10.2. The molecule has 1 N–H and O–H groups in total. The van der Waals surface area contributed by atoms with Gasteiger partial charge in [0.1, 0.15) is 0 Å². The van der Waals surface area contributed by atoms with E-state index < -0.39 is 0 Å². The number of aliphatic hydroxyl groups excluding tert-OH is 1. The highest BCUT2D eigenvalue weighted by molar-refractivity contribution is 7.73. The first kappa shape index (κ1) is 11.2. The lowest BCUT2D eigenvalue weighted by molar-refractivity contribution is 0.0950. The molecular formula is C11H9NO2S2. The molecule has 0 atom stereocenters. The predicted octanol–water partition coefficient (Wildman–Crippen LogP) is 2.46. The Morgan fingerprint density at radius 1 is 1.38 bits per heavy atom. The molecule has 0 aliphatic carbocycles. The van der Waals surface area contributed by atoms with Crippen molar-refractivity contribution in [3.05, 3.63) is 50.9 Å². The zero-order chi connectivity index (χ0) is 11.5. The molecule has 16 heavy (non-hydrogen) atoms. The van der Waals surface area contributed by atoms with Crippen LogP contribution >= 0.6 is 23.6 Å². The van der Waals surface area contributed by atoms with Crippen molar-refractivity contribution in [3.8, 4) is 0 Å². The molecule has 5 heteroatoms. The smallest absolute Gasteiger partial charge is 0.263 e. The molecule has 1 aromatic carbocycles. The van der Waals surface area contributed by atoms with E-state index in [-0.39, 0.29) is 12.5 Å². The molecule has 2 rings (SSSR count). The number of hydrogen-bond acceptors (Lipinski definition) is 4. The van der Waals surface area contributed by atoms with E-state index in [1.807, 2.05) is 6.07 Å². The van der Waals surface area contributed by atoms with Crippen molar-refractivity contribution in [1.82, 2.24) is 4.57 Å². The minimum Gasteiger partial charge on any atom is -0.390 e. The molecule has 0 aliphatic rings. The molecule has 0 aliphatic heterocycles. The van der Waals surface area contributed by atoms with Gasteiger partial charge in [0.25, 0.3) is 5.91 Å². The average molecular weight is 251 g/mol. The number of carbonyl (C=O) groups excluding carboxylic acids is 1. The summed E-state index contributed by atoms with van der Waals surface area (Å²) < 4.78 is 1.83. The summed E-state index contributed by atoms with van der Waals surface area (Å²) in [5.41, 5.74) is 1.09. The van der Waals surface area contributed by atoms with Crippen LogP contribution in [0.4, 0.5) is 0 Å². The summed E-state index contributed by atoms with van der Waals surface area (Å²) in [6.45, 7) is -0.189. The fraction of sp³-hybridized carbons (Fsp3) is 0.0909. The van der Waals surface area contributed by atoms with Crippen molar-refractivity contribution >= 4 is 29.5 Å². The monoisotopic (exact) mass is 251 g/mol.